The van der Waals surface area contributed by atoms with Crippen LogP contribution in [0, 0.1) is 11.3 Å². The Kier molecular flexibility index (Phi) is 6.29. The van der Waals surface area contributed by atoms with Crippen molar-refractivity contribution in [3.05, 3.63) is 71.7 Å². The van der Waals surface area contributed by atoms with Crippen LogP contribution in [0.5, 0.6) is 0 Å². The zero-order chi connectivity index (χ0) is 24.4. The minimum atomic E-state index is -0.617. The number of hydrogen-bond donors (Lipinski definition) is 1. The van der Waals surface area contributed by atoms with E-state index in [1.54, 1.807) is 28.9 Å². The van der Waals surface area contributed by atoms with Crippen molar-refractivity contribution in [1.29, 1.82) is 5.26 Å². The van der Waals surface area contributed by atoms with Gasteiger partial charge >= 0.3 is 0 Å². The Morgan fingerprint density at radius 2 is 1.86 bits per heavy atom. The first-order valence-corrected chi connectivity index (χ1v) is 11.7. The van der Waals surface area contributed by atoms with E-state index in [0.29, 0.717) is 34.1 Å². The molecule has 0 radical (unpaired) electrons. The quantitative estimate of drug-likeness (QED) is 0.455. The number of piperazine rings is 1. The Morgan fingerprint density at radius 3 is 2.57 bits per heavy atom. The zero-order valence-electron chi connectivity index (χ0n) is 19.8. The molecule has 0 unspecified atom stereocenters. The Morgan fingerprint density at radius 1 is 1.09 bits per heavy atom. The van der Waals surface area contributed by atoms with Gasteiger partial charge in [-0.25, -0.2) is 19.3 Å². The second-order valence-electron chi connectivity index (χ2n) is 8.82. The first-order valence-electron chi connectivity index (χ1n) is 11.7. The molecular weight excluding hydrogens is 443 g/mol. The van der Waals surface area contributed by atoms with Gasteiger partial charge in [0.2, 0.25) is 5.95 Å². The molecule has 3 aromatic heterocycles. The lowest BCUT2D eigenvalue weighted by atomic mass is 10.1. The Hall–Kier alpha value is -4.03. The molecule has 178 valence electrons. The lowest BCUT2D eigenvalue weighted by Crippen LogP contribution is -2.44. The van der Waals surface area contributed by atoms with Crippen molar-refractivity contribution >= 4 is 17.3 Å². The van der Waals surface area contributed by atoms with Crippen molar-refractivity contribution in [2.75, 3.05) is 43.4 Å². The van der Waals surface area contributed by atoms with Crippen LogP contribution in [0.15, 0.2) is 55.0 Å². The second kappa shape index (κ2) is 9.68. The normalized spacial score (nSPS) is 15.2. The number of nitrogens with zero attached hydrogens (tertiary/aromatic N) is 7. The molecule has 9 heteroatoms. The number of fused-ring (bicyclic) bond motifs is 1. The maximum absolute atomic E-state index is 13.4. The summed E-state index contributed by atoms with van der Waals surface area (Å²) in [5, 5.41) is 13.0. The highest BCUT2D eigenvalue weighted by Gasteiger charge is 2.18. The highest BCUT2D eigenvalue weighted by molar-refractivity contribution is 5.68. The number of anilines is 2. The molecule has 5 rings (SSSR count). The van der Waals surface area contributed by atoms with E-state index >= 15 is 0 Å². The summed E-state index contributed by atoms with van der Waals surface area (Å²) in [6, 6.07) is 14.1. The summed E-state index contributed by atoms with van der Waals surface area (Å²) in [5.74, 6) is 0.409. The van der Waals surface area contributed by atoms with E-state index in [1.807, 2.05) is 6.92 Å². The van der Waals surface area contributed by atoms with Gasteiger partial charge in [-0.3, -0.25) is 4.40 Å². The summed E-state index contributed by atoms with van der Waals surface area (Å²) >= 11 is 0. The summed E-state index contributed by atoms with van der Waals surface area (Å²) in [7, 11) is 2.15. The van der Waals surface area contributed by atoms with E-state index in [0.717, 1.165) is 31.7 Å². The minimum Gasteiger partial charge on any atom is -0.369 e. The van der Waals surface area contributed by atoms with Crippen LogP contribution in [0.3, 0.4) is 0 Å². The van der Waals surface area contributed by atoms with Gasteiger partial charge in [-0.05, 0) is 37.7 Å². The minimum absolute atomic E-state index is 0.0438. The summed E-state index contributed by atoms with van der Waals surface area (Å²) in [4.78, 5) is 18.1. The molecule has 0 amide bonds. The van der Waals surface area contributed by atoms with E-state index in [2.05, 4.69) is 67.5 Å². The van der Waals surface area contributed by atoms with Crippen LogP contribution in [0.1, 0.15) is 29.7 Å². The Labute approximate surface area is 203 Å². The van der Waals surface area contributed by atoms with Crippen LogP contribution < -0.4 is 10.2 Å². The Bertz CT molecular complexity index is 1370. The van der Waals surface area contributed by atoms with E-state index in [4.69, 9.17) is 0 Å². The number of pyridine rings is 1. The number of nitriles is 1. The molecule has 1 N–H and O–H groups in total. The van der Waals surface area contributed by atoms with E-state index in [9.17, 15) is 9.65 Å². The number of aromatic nitrogens is 4. The van der Waals surface area contributed by atoms with Gasteiger partial charge in [0, 0.05) is 43.6 Å². The van der Waals surface area contributed by atoms with Crippen LogP contribution >= 0.6 is 0 Å². The average Bonchev–Trinajstić information content (AvgIpc) is 3.33. The van der Waals surface area contributed by atoms with Gasteiger partial charge in [-0.1, -0.05) is 18.2 Å². The van der Waals surface area contributed by atoms with Gasteiger partial charge in [0.25, 0.3) is 0 Å². The monoisotopic (exact) mass is 470 g/mol. The van der Waals surface area contributed by atoms with Crippen LogP contribution in [-0.4, -0.2) is 57.5 Å². The number of rotatable bonds is 6. The van der Waals surface area contributed by atoms with E-state index in [1.165, 1.54) is 11.9 Å². The van der Waals surface area contributed by atoms with Gasteiger partial charge in [0.05, 0.1) is 29.7 Å². The van der Waals surface area contributed by atoms with Crippen molar-refractivity contribution in [3.63, 3.8) is 0 Å². The van der Waals surface area contributed by atoms with E-state index < -0.39 is 6.67 Å². The van der Waals surface area contributed by atoms with Crippen LogP contribution in [0.4, 0.5) is 16.0 Å². The first-order chi connectivity index (χ1) is 17.1. The maximum atomic E-state index is 13.4. The molecule has 0 saturated carbocycles. The third kappa shape index (κ3) is 4.53. The predicted octanol–water partition coefficient (Wildman–Crippen LogP) is 4.06. The Balaban J connectivity index is 1.38. The molecule has 4 aromatic rings. The second-order valence-corrected chi connectivity index (χ2v) is 8.82. The van der Waals surface area contributed by atoms with Gasteiger partial charge in [-0.2, -0.15) is 5.26 Å². The molecule has 1 fully saturated rings. The molecule has 1 atom stereocenters. The third-order valence-corrected chi connectivity index (χ3v) is 6.52. The van der Waals surface area contributed by atoms with Crippen molar-refractivity contribution < 1.29 is 4.39 Å². The highest BCUT2D eigenvalue weighted by Crippen LogP contribution is 2.27. The summed E-state index contributed by atoms with van der Waals surface area (Å²) in [6.45, 7) is 5.63. The van der Waals surface area contributed by atoms with Crippen LogP contribution in [0.25, 0.3) is 17.0 Å². The third-order valence-electron chi connectivity index (χ3n) is 6.52. The first kappa shape index (κ1) is 22.7. The SMILES string of the molecule is C[C@H](Nc1ncc(C#N)c(-c2cnc3c(CF)cccn23)n1)c1ccc(N2CCN(C)CC2)cc1. The standard InChI is InChI=1S/C26H27FN8/c1-18(19-5-7-22(8-6-19)34-12-10-33(2)11-13-34)31-26-30-16-21(15-28)24(32-26)23-17-29-25-20(14-27)4-3-9-35(23)25/h3-9,16-18H,10-14H2,1-2H3,(H,30,31,32)/t18-/m0/s1. The molecule has 0 spiro atoms. The zero-order valence-corrected chi connectivity index (χ0v) is 19.8. The van der Waals surface area contributed by atoms with Crippen molar-refractivity contribution in [2.45, 2.75) is 19.6 Å². The lowest BCUT2D eigenvalue weighted by Gasteiger charge is -2.34. The van der Waals surface area contributed by atoms with Crippen LogP contribution in [-0.2, 0) is 6.67 Å². The fourth-order valence-electron chi connectivity index (χ4n) is 4.39. The number of halogens is 1. The summed E-state index contributed by atoms with van der Waals surface area (Å²) < 4.78 is 15.1. The number of benzene rings is 1. The topological polar surface area (TPSA) is 85.4 Å². The molecule has 0 bridgehead atoms. The molecule has 35 heavy (non-hydrogen) atoms. The number of imidazole rings is 1. The van der Waals surface area contributed by atoms with Gasteiger partial charge < -0.3 is 15.1 Å². The predicted molar refractivity (Wildman–Crippen MR) is 134 cm³/mol. The van der Waals surface area contributed by atoms with Gasteiger partial charge in [-0.15, -0.1) is 0 Å². The lowest BCUT2D eigenvalue weighted by molar-refractivity contribution is 0.313. The number of likely N-dealkylation sites (N-methyl/N-ethyl adjacent to an activating group) is 1. The van der Waals surface area contributed by atoms with Crippen LogP contribution in [0.2, 0.25) is 0 Å². The van der Waals surface area contributed by atoms with E-state index in [-0.39, 0.29) is 6.04 Å². The largest absolute Gasteiger partial charge is 0.369 e. The molecule has 1 aromatic carbocycles. The number of nitrogens with one attached hydrogen (secondary N) is 1. The molecule has 4 heterocycles. The molecule has 1 saturated heterocycles. The average molecular weight is 471 g/mol. The fraction of sp³-hybridized carbons (Fsp3) is 0.308. The van der Waals surface area contributed by atoms with Crippen molar-refractivity contribution in [2.24, 2.45) is 0 Å². The smallest absolute Gasteiger partial charge is 0.223 e. The fourth-order valence-corrected chi connectivity index (χ4v) is 4.39. The molecule has 8 nitrogen and oxygen atoms in total. The molecule has 0 aliphatic carbocycles. The summed E-state index contributed by atoms with van der Waals surface area (Å²) in [6.07, 6.45) is 4.91. The van der Waals surface area contributed by atoms with Crippen molar-refractivity contribution in [3.8, 4) is 17.5 Å². The van der Waals surface area contributed by atoms with Crippen molar-refractivity contribution in [1.82, 2.24) is 24.3 Å². The highest BCUT2D eigenvalue weighted by atomic mass is 19.1. The maximum Gasteiger partial charge on any atom is 0.223 e. The van der Waals surface area contributed by atoms with Gasteiger partial charge in [0.1, 0.15) is 24.1 Å². The van der Waals surface area contributed by atoms with Gasteiger partial charge in [0.15, 0.2) is 0 Å². The molecule has 1 aliphatic heterocycles. The summed E-state index contributed by atoms with van der Waals surface area (Å²) in [5.41, 5.74) is 4.72. The number of alkyl halides is 1. The number of hydrogen-bond acceptors (Lipinski definition) is 7. The molecular formula is C26H27FN8. The molecule has 1 aliphatic rings.